The molecule has 0 aliphatic heterocycles. The Balaban J connectivity index is 4.17. The second-order valence-corrected chi connectivity index (χ2v) is 4.30. The lowest BCUT2D eigenvalue weighted by Gasteiger charge is -2.17. The van der Waals surface area contributed by atoms with Gasteiger partial charge in [0.2, 0.25) is 0 Å². The van der Waals surface area contributed by atoms with Crippen molar-refractivity contribution in [3.8, 4) is 0 Å². The van der Waals surface area contributed by atoms with Gasteiger partial charge in [0, 0.05) is 11.6 Å². The first-order valence-corrected chi connectivity index (χ1v) is 4.31. The minimum atomic E-state index is -1.14. The van der Waals surface area contributed by atoms with Gasteiger partial charge >= 0.3 is 11.9 Å². The summed E-state index contributed by atoms with van der Waals surface area (Å²) < 4.78 is 4.90. The van der Waals surface area contributed by atoms with Crippen molar-refractivity contribution in [3.05, 3.63) is 11.6 Å². The molecule has 0 saturated carbocycles. The highest BCUT2D eigenvalue weighted by molar-refractivity contribution is 5.95. The van der Waals surface area contributed by atoms with Gasteiger partial charge in [-0.3, -0.25) is 0 Å². The van der Waals surface area contributed by atoms with Crippen LogP contribution in [-0.2, 0) is 14.3 Å². The van der Waals surface area contributed by atoms with E-state index in [0.29, 0.717) is 0 Å². The number of carboxylic acid groups (broad SMARTS) is 1. The fraction of sp³-hybridized carbons (Fsp3) is 0.600. The van der Waals surface area contributed by atoms with E-state index in [0.717, 1.165) is 6.08 Å². The van der Waals surface area contributed by atoms with E-state index >= 15 is 0 Å². The first kappa shape index (κ1) is 12.7. The van der Waals surface area contributed by atoms with Gasteiger partial charge < -0.3 is 9.84 Å². The standard InChI is InChI=1S/C10H16O4/c1-7(5-8(11)12)9(13)14-6-10(2,3)4/h5H,6H2,1-4H3,(H,11,12). The highest BCUT2D eigenvalue weighted by atomic mass is 16.5. The fourth-order valence-corrected chi connectivity index (χ4v) is 0.640. The van der Waals surface area contributed by atoms with Crippen LogP contribution >= 0.6 is 0 Å². The Morgan fingerprint density at radius 1 is 1.36 bits per heavy atom. The smallest absolute Gasteiger partial charge is 0.333 e. The SMILES string of the molecule is CC(=CC(=O)O)C(=O)OCC(C)(C)C. The van der Waals surface area contributed by atoms with E-state index in [-0.39, 0.29) is 17.6 Å². The predicted molar refractivity (Wildman–Crippen MR) is 51.8 cm³/mol. The van der Waals surface area contributed by atoms with Gasteiger partial charge in [-0.2, -0.15) is 0 Å². The van der Waals surface area contributed by atoms with Crippen LogP contribution in [0, 0.1) is 5.41 Å². The molecule has 0 atom stereocenters. The van der Waals surface area contributed by atoms with Gasteiger partial charge in [-0.25, -0.2) is 9.59 Å². The van der Waals surface area contributed by atoms with Crippen LogP contribution in [0.3, 0.4) is 0 Å². The summed E-state index contributed by atoms with van der Waals surface area (Å²) in [6.45, 7) is 7.47. The third-order valence-corrected chi connectivity index (χ3v) is 1.30. The van der Waals surface area contributed by atoms with Crippen LogP contribution in [0.5, 0.6) is 0 Å². The van der Waals surface area contributed by atoms with Gasteiger partial charge in [-0.15, -0.1) is 0 Å². The Morgan fingerprint density at radius 3 is 2.21 bits per heavy atom. The maximum absolute atomic E-state index is 11.2. The third kappa shape index (κ3) is 6.22. The molecule has 4 nitrogen and oxygen atoms in total. The molecule has 4 heteroatoms. The summed E-state index contributed by atoms with van der Waals surface area (Å²) in [6.07, 6.45) is 0.838. The Kier molecular flexibility index (Phi) is 4.34. The number of ether oxygens (including phenoxy) is 1. The van der Waals surface area contributed by atoms with E-state index in [9.17, 15) is 9.59 Å². The Morgan fingerprint density at radius 2 is 1.86 bits per heavy atom. The molecule has 1 N–H and O–H groups in total. The second-order valence-electron chi connectivity index (χ2n) is 4.30. The highest BCUT2D eigenvalue weighted by Gasteiger charge is 2.14. The van der Waals surface area contributed by atoms with Crippen molar-refractivity contribution in [3.63, 3.8) is 0 Å². The predicted octanol–water partition coefficient (Wildman–Crippen LogP) is 1.61. The molecule has 0 aromatic carbocycles. The molecule has 0 rings (SSSR count). The lowest BCUT2D eigenvalue weighted by atomic mass is 9.99. The Hall–Kier alpha value is -1.32. The van der Waals surface area contributed by atoms with Crippen molar-refractivity contribution in [2.75, 3.05) is 6.61 Å². The summed E-state index contributed by atoms with van der Waals surface area (Å²) in [7, 11) is 0. The molecule has 0 aromatic rings. The number of rotatable bonds is 3. The molecule has 0 heterocycles. The second kappa shape index (κ2) is 4.79. The molecule has 14 heavy (non-hydrogen) atoms. The van der Waals surface area contributed by atoms with Crippen LogP contribution in [0.2, 0.25) is 0 Å². The van der Waals surface area contributed by atoms with Crippen LogP contribution in [0.15, 0.2) is 11.6 Å². The molecule has 80 valence electrons. The van der Waals surface area contributed by atoms with E-state index in [2.05, 4.69) is 0 Å². The molecule has 0 radical (unpaired) electrons. The number of esters is 1. The minimum Gasteiger partial charge on any atom is -0.478 e. The van der Waals surface area contributed by atoms with Crippen molar-refractivity contribution >= 4 is 11.9 Å². The summed E-state index contributed by atoms with van der Waals surface area (Å²) >= 11 is 0. The first-order valence-electron chi connectivity index (χ1n) is 4.31. The van der Waals surface area contributed by atoms with Gasteiger partial charge in [0.1, 0.15) is 0 Å². The zero-order valence-electron chi connectivity index (χ0n) is 8.96. The van der Waals surface area contributed by atoms with Gasteiger partial charge in [-0.05, 0) is 12.3 Å². The summed E-state index contributed by atoms with van der Waals surface area (Å²) in [5, 5.41) is 8.38. The Bertz CT molecular complexity index is 258. The van der Waals surface area contributed by atoms with E-state index in [4.69, 9.17) is 9.84 Å². The van der Waals surface area contributed by atoms with E-state index in [1.54, 1.807) is 0 Å². The maximum Gasteiger partial charge on any atom is 0.333 e. The number of hydrogen-bond acceptors (Lipinski definition) is 3. The van der Waals surface area contributed by atoms with E-state index < -0.39 is 11.9 Å². The number of aliphatic carboxylic acids is 1. The largest absolute Gasteiger partial charge is 0.478 e. The van der Waals surface area contributed by atoms with Crippen molar-refractivity contribution in [1.82, 2.24) is 0 Å². The van der Waals surface area contributed by atoms with Gasteiger partial charge in [0.25, 0.3) is 0 Å². The van der Waals surface area contributed by atoms with Gasteiger partial charge in [-0.1, -0.05) is 20.8 Å². The number of carboxylic acids is 1. The average Bonchev–Trinajstić information content (AvgIpc) is 1.97. The summed E-state index contributed by atoms with van der Waals surface area (Å²) in [6, 6.07) is 0. The molecular formula is C10H16O4. The quantitative estimate of drug-likeness (QED) is 0.555. The molecule has 0 spiro atoms. The lowest BCUT2D eigenvalue weighted by Crippen LogP contribution is -2.19. The zero-order valence-corrected chi connectivity index (χ0v) is 8.96. The molecule has 0 bridgehead atoms. The number of carbonyl (C=O) groups is 2. The zero-order chi connectivity index (χ0) is 11.4. The van der Waals surface area contributed by atoms with Crippen LogP contribution in [-0.4, -0.2) is 23.7 Å². The average molecular weight is 200 g/mol. The van der Waals surface area contributed by atoms with Crippen molar-refractivity contribution in [2.45, 2.75) is 27.7 Å². The minimum absolute atomic E-state index is 0.0988. The fourth-order valence-electron chi connectivity index (χ4n) is 0.640. The molecule has 0 saturated heterocycles. The number of hydrogen-bond donors (Lipinski definition) is 1. The summed E-state index contributed by atoms with van der Waals surface area (Å²) in [4.78, 5) is 21.4. The van der Waals surface area contributed by atoms with Crippen LogP contribution in [0.25, 0.3) is 0 Å². The van der Waals surface area contributed by atoms with Gasteiger partial charge in [0.15, 0.2) is 0 Å². The van der Waals surface area contributed by atoms with Crippen molar-refractivity contribution < 1.29 is 19.4 Å². The monoisotopic (exact) mass is 200 g/mol. The van der Waals surface area contributed by atoms with Gasteiger partial charge in [0.05, 0.1) is 6.61 Å². The van der Waals surface area contributed by atoms with Crippen molar-refractivity contribution in [2.24, 2.45) is 5.41 Å². The molecule has 0 aromatic heterocycles. The normalized spacial score (nSPS) is 12.4. The van der Waals surface area contributed by atoms with Crippen molar-refractivity contribution in [1.29, 1.82) is 0 Å². The summed E-state index contributed by atoms with van der Waals surface area (Å²) in [5.74, 6) is -1.72. The molecule has 0 aliphatic rings. The van der Waals surface area contributed by atoms with E-state index in [1.165, 1.54) is 6.92 Å². The first-order chi connectivity index (χ1) is 6.22. The van der Waals surface area contributed by atoms with Crippen LogP contribution in [0.1, 0.15) is 27.7 Å². The van der Waals surface area contributed by atoms with Crippen LogP contribution in [0.4, 0.5) is 0 Å². The molecule has 0 fully saturated rings. The van der Waals surface area contributed by atoms with Crippen LogP contribution < -0.4 is 0 Å². The topological polar surface area (TPSA) is 63.6 Å². The maximum atomic E-state index is 11.2. The van der Waals surface area contributed by atoms with E-state index in [1.807, 2.05) is 20.8 Å². The molecule has 0 aliphatic carbocycles. The molecule has 0 amide bonds. The highest BCUT2D eigenvalue weighted by Crippen LogP contribution is 2.13. The Labute approximate surface area is 83.6 Å². The third-order valence-electron chi connectivity index (χ3n) is 1.30. The summed E-state index contributed by atoms with van der Waals surface area (Å²) in [5.41, 5.74) is -0.0131. The molecule has 0 unspecified atom stereocenters. The lowest BCUT2D eigenvalue weighted by molar-refractivity contribution is -0.142. The number of carbonyl (C=O) groups excluding carboxylic acids is 1. The molecular weight excluding hydrogens is 184 g/mol.